The molecule has 0 aliphatic carbocycles. The molecule has 0 saturated carbocycles. The van der Waals surface area contributed by atoms with E-state index < -0.39 is 24.3 Å². The molecule has 14 nitrogen and oxygen atoms in total. The third-order valence-electron chi connectivity index (χ3n) is 11.6. The molecule has 4 aliphatic heterocycles. The van der Waals surface area contributed by atoms with E-state index in [1.165, 1.54) is 14.2 Å². The van der Waals surface area contributed by atoms with Crippen LogP contribution in [-0.4, -0.2) is 107 Å². The second-order valence-electron chi connectivity index (χ2n) is 16.0. The molecule has 0 spiro atoms. The number of benzene rings is 1. The number of aromatic nitrogens is 2. The molecule has 1 aromatic carbocycles. The normalized spacial score (nSPS) is 20.1. The molecule has 6 heterocycles. The number of aliphatic imine (C=N–C) groups is 2. The molecular weight excluding hydrogens is 737 g/mol. The number of alkyl carbamates (subject to hydrolysis) is 2. The van der Waals surface area contributed by atoms with E-state index in [9.17, 15) is 19.2 Å². The number of hydrogen-bond donors (Lipinski definition) is 2. The fourth-order valence-corrected chi connectivity index (χ4v) is 8.36. The van der Waals surface area contributed by atoms with Gasteiger partial charge in [0.05, 0.1) is 43.4 Å². The highest BCUT2D eigenvalue weighted by Gasteiger charge is 2.40. The number of amides is 4. The van der Waals surface area contributed by atoms with Gasteiger partial charge in [-0.2, -0.15) is 0 Å². The van der Waals surface area contributed by atoms with Crippen molar-refractivity contribution in [2.75, 3.05) is 27.3 Å². The van der Waals surface area contributed by atoms with E-state index in [0.717, 1.165) is 81.7 Å². The Balaban J connectivity index is 0.987. The molecule has 58 heavy (non-hydrogen) atoms. The van der Waals surface area contributed by atoms with E-state index in [0.29, 0.717) is 25.9 Å². The van der Waals surface area contributed by atoms with Gasteiger partial charge in [-0.15, -0.1) is 0 Å². The first kappa shape index (κ1) is 40.3. The Hall–Kier alpha value is -5.92. The van der Waals surface area contributed by atoms with Gasteiger partial charge in [-0.05, 0) is 78.3 Å². The van der Waals surface area contributed by atoms with Crippen LogP contribution < -0.4 is 10.6 Å². The number of nitrogens with zero attached hydrogens (tertiary/aromatic N) is 6. The van der Waals surface area contributed by atoms with Crippen molar-refractivity contribution in [3.05, 3.63) is 72.2 Å². The van der Waals surface area contributed by atoms with Crippen LogP contribution >= 0.6 is 0 Å². The second-order valence-corrected chi connectivity index (χ2v) is 16.0. The summed E-state index contributed by atoms with van der Waals surface area (Å²) >= 11 is 0. The summed E-state index contributed by atoms with van der Waals surface area (Å²) in [5.41, 5.74) is 7.27. The van der Waals surface area contributed by atoms with Gasteiger partial charge in [-0.3, -0.25) is 29.5 Å². The van der Waals surface area contributed by atoms with Crippen molar-refractivity contribution in [3.8, 4) is 11.4 Å². The molecule has 0 radical (unpaired) electrons. The fraction of sp³-hybridized carbons (Fsp3) is 0.455. The van der Waals surface area contributed by atoms with Crippen LogP contribution in [0.25, 0.3) is 33.4 Å². The number of allylic oxidation sites excluding steroid dienone is 2. The molecule has 4 atom stereocenters. The zero-order chi connectivity index (χ0) is 41.1. The van der Waals surface area contributed by atoms with Gasteiger partial charge < -0.3 is 29.9 Å². The standard InChI is InChI=1S/C44H52N8O6/c1-25(2)39(49-43(55)57-5)41(53)51-17-7-9-37(51)34-16-15-32(48-34)29-13-14-33(45-22-29)35-20-28-12-11-27(19-30(28)23-46-35)31-21-36(47-24-31)38-10-8-18-52(38)42(54)40(26(3)4)50-44(56)58-6/h11-15,19-20,22-26,37-40H,7-10,16-18,21H2,1-6H3,(H,49,55)(H,50,56)/t37-,38-,39-,40-/m0/s1. The summed E-state index contributed by atoms with van der Waals surface area (Å²) in [4.78, 5) is 74.1. The van der Waals surface area contributed by atoms with Gasteiger partial charge in [0.25, 0.3) is 0 Å². The van der Waals surface area contributed by atoms with E-state index >= 15 is 0 Å². The number of fused-ring (bicyclic) bond motifs is 1. The van der Waals surface area contributed by atoms with Crippen molar-refractivity contribution < 1.29 is 28.7 Å². The zero-order valence-corrected chi connectivity index (χ0v) is 34.0. The third-order valence-corrected chi connectivity index (χ3v) is 11.6. The molecule has 0 bridgehead atoms. The number of carbonyl (C=O) groups excluding carboxylic acids is 4. The highest BCUT2D eigenvalue weighted by molar-refractivity contribution is 6.05. The van der Waals surface area contributed by atoms with Crippen LogP contribution in [0.2, 0.25) is 0 Å². The molecule has 0 unspecified atom stereocenters. The Kier molecular flexibility index (Phi) is 12.0. The van der Waals surface area contributed by atoms with Crippen molar-refractivity contribution in [1.29, 1.82) is 0 Å². The number of carbonyl (C=O) groups is 4. The van der Waals surface area contributed by atoms with Crippen molar-refractivity contribution in [2.45, 2.75) is 90.4 Å². The lowest BCUT2D eigenvalue weighted by molar-refractivity contribution is -0.134. The van der Waals surface area contributed by atoms with Crippen LogP contribution in [0.15, 0.2) is 71.1 Å². The monoisotopic (exact) mass is 788 g/mol. The average molecular weight is 789 g/mol. The Morgan fingerprint density at radius 2 is 1.33 bits per heavy atom. The van der Waals surface area contributed by atoms with Crippen LogP contribution in [0, 0.1) is 11.8 Å². The third kappa shape index (κ3) is 8.37. The predicted molar refractivity (Wildman–Crippen MR) is 223 cm³/mol. The SMILES string of the molecule is COC(=O)N[C@H](C(=O)N1CCC[C@H]1C1=NC=C(c2ccc3cc(-c4ccc(C5=CCC([C@@H]6CCCN6C(=O)[C@@H](NC(=O)OC)C(C)C)=N5)cn4)ncc3c2)C1)C(C)C. The highest BCUT2D eigenvalue weighted by atomic mass is 16.5. The Bertz CT molecular complexity index is 2210. The number of ether oxygens (including phenoxy) is 2. The topological polar surface area (TPSA) is 168 Å². The lowest BCUT2D eigenvalue weighted by Gasteiger charge is -2.31. The van der Waals surface area contributed by atoms with E-state index in [1.807, 2.05) is 74.3 Å². The molecule has 4 aliphatic rings. The number of hydrogen-bond acceptors (Lipinski definition) is 10. The highest BCUT2D eigenvalue weighted by Crippen LogP contribution is 2.34. The summed E-state index contributed by atoms with van der Waals surface area (Å²) in [6.45, 7) is 8.89. The molecular formula is C44H52N8O6. The van der Waals surface area contributed by atoms with Gasteiger partial charge in [0, 0.05) is 66.9 Å². The summed E-state index contributed by atoms with van der Waals surface area (Å²) < 4.78 is 9.54. The smallest absolute Gasteiger partial charge is 0.407 e. The maximum absolute atomic E-state index is 13.6. The minimum Gasteiger partial charge on any atom is -0.453 e. The summed E-state index contributed by atoms with van der Waals surface area (Å²) in [7, 11) is 2.59. The van der Waals surface area contributed by atoms with Crippen molar-refractivity contribution in [1.82, 2.24) is 30.4 Å². The van der Waals surface area contributed by atoms with Gasteiger partial charge in [-0.1, -0.05) is 45.9 Å². The lowest BCUT2D eigenvalue weighted by atomic mass is 9.96. The summed E-state index contributed by atoms with van der Waals surface area (Å²) in [6.07, 6.45) is 11.1. The Morgan fingerprint density at radius 1 is 0.724 bits per heavy atom. The minimum atomic E-state index is -0.672. The quantitative estimate of drug-likeness (QED) is 0.225. The molecule has 304 valence electrons. The van der Waals surface area contributed by atoms with Gasteiger partial charge in [0.1, 0.15) is 12.1 Å². The van der Waals surface area contributed by atoms with Crippen LogP contribution in [0.1, 0.15) is 77.3 Å². The van der Waals surface area contributed by atoms with Crippen molar-refractivity contribution in [2.24, 2.45) is 21.8 Å². The number of methoxy groups -OCH3 is 2. The number of nitrogens with one attached hydrogen (secondary N) is 2. The van der Waals surface area contributed by atoms with Crippen molar-refractivity contribution in [3.63, 3.8) is 0 Å². The Morgan fingerprint density at radius 3 is 1.91 bits per heavy atom. The van der Waals surface area contributed by atoms with Gasteiger partial charge in [0.15, 0.2) is 0 Å². The molecule has 14 heteroatoms. The Labute approximate surface area is 338 Å². The molecule has 4 amide bonds. The average Bonchev–Trinajstić information content (AvgIpc) is 4.07. The van der Waals surface area contributed by atoms with Crippen LogP contribution in [0.5, 0.6) is 0 Å². The van der Waals surface area contributed by atoms with Crippen LogP contribution in [0.4, 0.5) is 9.59 Å². The molecule has 2 saturated heterocycles. The molecule has 2 fully saturated rings. The maximum atomic E-state index is 13.6. The van der Waals surface area contributed by atoms with E-state index in [1.54, 1.807) is 0 Å². The number of pyridine rings is 2. The number of rotatable bonds is 11. The van der Waals surface area contributed by atoms with E-state index in [-0.39, 0.29) is 35.7 Å². The van der Waals surface area contributed by atoms with E-state index in [4.69, 9.17) is 29.4 Å². The second kappa shape index (κ2) is 17.3. The first-order valence-electron chi connectivity index (χ1n) is 20.2. The summed E-state index contributed by atoms with van der Waals surface area (Å²) in [5.74, 6) is -0.409. The first-order chi connectivity index (χ1) is 27.9. The lowest BCUT2D eigenvalue weighted by Crippen LogP contribution is -2.53. The zero-order valence-electron chi connectivity index (χ0n) is 34.0. The molecule has 2 N–H and O–H groups in total. The van der Waals surface area contributed by atoms with Crippen LogP contribution in [-0.2, 0) is 19.1 Å². The number of likely N-dealkylation sites (tertiary alicyclic amines) is 2. The summed E-state index contributed by atoms with van der Waals surface area (Å²) in [5, 5.41) is 7.46. The molecule has 2 aromatic heterocycles. The van der Waals surface area contributed by atoms with E-state index in [2.05, 4.69) is 34.9 Å². The van der Waals surface area contributed by atoms with Gasteiger partial charge in [-0.25, -0.2) is 9.59 Å². The van der Waals surface area contributed by atoms with Gasteiger partial charge in [0.2, 0.25) is 11.8 Å². The minimum absolute atomic E-state index is 0.0923. The first-order valence-corrected chi connectivity index (χ1v) is 20.2. The van der Waals surface area contributed by atoms with Gasteiger partial charge >= 0.3 is 12.2 Å². The van der Waals surface area contributed by atoms with Crippen molar-refractivity contribution >= 4 is 57.5 Å². The fourth-order valence-electron chi connectivity index (χ4n) is 8.36. The van der Waals surface area contributed by atoms with Crippen LogP contribution in [0.3, 0.4) is 0 Å². The maximum Gasteiger partial charge on any atom is 0.407 e. The predicted octanol–water partition coefficient (Wildman–Crippen LogP) is 6.41. The largest absolute Gasteiger partial charge is 0.453 e. The molecule has 7 rings (SSSR count). The molecule has 3 aromatic rings. The summed E-state index contributed by atoms with van der Waals surface area (Å²) in [6, 6.07) is 10.7.